The molecule has 0 spiro atoms. The summed E-state index contributed by atoms with van der Waals surface area (Å²) in [6, 6.07) is 6.47. The maximum atomic E-state index is 13.4. The number of carboxylic acids is 1. The number of aromatic carboxylic acids is 1. The highest BCUT2D eigenvalue weighted by atomic mass is 16.6. The molecule has 0 bridgehead atoms. The van der Waals surface area contributed by atoms with E-state index in [9.17, 15) is 14.7 Å². The topological polar surface area (TPSA) is 63.6 Å². The number of carboxylic acid groups (broad SMARTS) is 1. The van der Waals surface area contributed by atoms with Gasteiger partial charge in [0, 0.05) is 0 Å². The smallest absolute Gasteiger partial charge is 0.339 e. The van der Waals surface area contributed by atoms with E-state index in [4.69, 9.17) is 4.74 Å². The first-order valence-corrected chi connectivity index (χ1v) is 15.5. The lowest BCUT2D eigenvalue weighted by atomic mass is 9.84. The van der Waals surface area contributed by atoms with E-state index in [-0.39, 0.29) is 11.1 Å². The van der Waals surface area contributed by atoms with Gasteiger partial charge in [0.05, 0.1) is 11.1 Å². The summed E-state index contributed by atoms with van der Waals surface area (Å²) in [6.45, 7) is 6.70. The van der Waals surface area contributed by atoms with E-state index in [2.05, 4.69) is 20.8 Å². The molecule has 0 aromatic heterocycles. The van der Waals surface area contributed by atoms with E-state index < -0.39 is 17.5 Å². The molecule has 1 rings (SSSR count). The Bertz CT molecular complexity index is 713. The zero-order valence-corrected chi connectivity index (χ0v) is 24.3. The van der Waals surface area contributed by atoms with Gasteiger partial charge in [-0.3, -0.25) is 0 Å². The molecule has 1 N–H and O–H groups in total. The average Bonchev–Trinajstić information content (AvgIpc) is 2.90. The second-order valence-electron chi connectivity index (χ2n) is 11.0. The molecule has 0 unspecified atom stereocenters. The fourth-order valence-corrected chi connectivity index (χ4v) is 5.31. The van der Waals surface area contributed by atoms with Crippen molar-refractivity contribution in [3.8, 4) is 0 Å². The van der Waals surface area contributed by atoms with Gasteiger partial charge < -0.3 is 9.84 Å². The number of hydrogen-bond donors (Lipinski definition) is 1. The van der Waals surface area contributed by atoms with Crippen LogP contribution in [0.25, 0.3) is 0 Å². The fourth-order valence-electron chi connectivity index (χ4n) is 5.31. The molecule has 37 heavy (non-hydrogen) atoms. The Morgan fingerprint density at radius 1 is 0.595 bits per heavy atom. The van der Waals surface area contributed by atoms with Gasteiger partial charge in [0.15, 0.2) is 0 Å². The molecule has 4 nitrogen and oxygen atoms in total. The molecular formula is C33H56O4. The zero-order chi connectivity index (χ0) is 27.2. The number of benzene rings is 1. The molecule has 1 aromatic rings. The summed E-state index contributed by atoms with van der Waals surface area (Å²) in [6.07, 6.45) is 24.4. The minimum Gasteiger partial charge on any atom is -0.478 e. The van der Waals surface area contributed by atoms with Crippen molar-refractivity contribution in [1.82, 2.24) is 0 Å². The average molecular weight is 517 g/mol. The van der Waals surface area contributed by atoms with Crippen LogP contribution in [0, 0.1) is 0 Å². The third-order valence-corrected chi connectivity index (χ3v) is 7.64. The summed E-state index contributed by atoms with van der Waals surface area (Å²) >= 11 is 0. The number of rotatable bonds is 24. The van der Waals surface area contributed by atoms with Crippen LogP contribution in [0.5, 0.6) is 0 Å². The first-order valence-electron chi connectivity index (χ1n) is 15.5. The van der Waals surface area contributed by atoms with Gasteiger partial charge in [-0.05, 0) is 50.7 Å². The van der Waals surface area contributed by atoms with Gasteiger partial charge in [0.1, 0.15) is 5.60 Å². The van der Waals surface area contributed by atoms with E-state index in [1.807, 2.05) is 0 Å². The van der Waals surface area contributed by atoms with Crippen molar-refractivity contribution >= 4 is 11.9 Å². The van der Waals surface area contributed by atoms with Crippen molar-refractivity contribution in [2.75, 3.05) is 0 Å². The monoisotopic (exact) mass is 516 g/mol. The van der Waals surface area contributed by atoms with Crippen LogP contribution in [0.3, 0.4) is 0 Å². The first kappa shape index (κ1) is 33.2. The van der Waals surface area contributed by atoms with Gasteiger partial charge in [-0.1, -0.05) is 129 Å². The van der Waals surface area contributed by atoms with Crippen LogP contribution in [-0.4, -0.2) is 22.6 Å². The maximum absolute atomic E-state index is 13.4. The standard InChI is InChI=1S/C33H56O4/c1-4-7-10-13-14-15-18-23-28-33(26-21-16-11-8-5-2,27-22-17-12-9-6-3)37-32(36)30-25-20-19-24-29(30)31(34)35/h19-20,24-25H,4-18,21-23,26-28H2,1-3H3,(H,34,35). The van der Waals surface area contributed by atoms with Crippen LogP contribution < -0.4 is 0 Å². The normalized spacial score (nSPS) is 11.5. The van der Waals surface area contributed by atoms with Crippen LogP contribution in [0.15, 0.2) is 24.3 Å². The van der Waals surface area contributed by atoms with Crippen LogP contribution in [0.2, 0.25) is 0 Å². The van der Waals surface area contributed by atoms with E-state index in [1.165, 1.54) is 89.5 Å². The van der Waals surface area contributed by atoms with Crippen LogP contribution in [0.1, 0.15) is 176 Å². The Morgan fingerprint density at radius 2 is 0.946 bits per heavy atom. The molecule has 212 valence electrons. The molecule has 0 radical (unpaired) electrons. The van der Waals surface area contributed by atoms with Gasteiger partial charge in [-0.15, -0.1) is 0 Å². The van der Waals surface area contributed by atoms with Crippen molar-refractivity contribution in [1.29, 1.82) is 0 Å². The zero-order valence-electron chi connectivity index (χ0n) is 24.3. The molecule has 1 aromatic carbocycles. The minimum absolute atomic E-state index is 0.0272. The van der Waals surface area contributed by atoms with Crippen LogP contribution in [0.4, 0.5) is 0 Å². The molecule has 0 saturated heterocycles. The molecule has 0 aliphatic carbocycles. The third-order valence-electron chi connectivity index (χ3n) is 7.64. The molecule has 0 aliphatic heterocycles. The number of esters is 1. The Balaban J connectivity index is 2.96. The van der Waals surface area contributed by atoms with Crippen molar-refractivity contribution < 1.29 is 19.4 Å². The van der Waals surface area contributed by atoms with Crippen molar-refractivity contribution in [2.45, 2.75) is 161 Å². The summed E-state index contributed by atoms with van der Waals surface area (Å²) < 4.78 is 6.39. The highest BCUT2D eigenvalue weighted by Gasteiger charge is 2.34. The lowest BCUT2D eigenvalue weighted by molar-refractivity contribution is -0.0362. The minimum atomic E-state index is -1.08. The molecule has 0 heterocycles. The van der Waals surface area contributed by atoms with Gasteiger partial charge in [0.2, 0.25) is 0 Å². The van der Waals surface area contributed by atoms with Crippen LogP contribution >= 0.6 is 0 Å². The summed E-state index contributed by atoms with van der Waals surface area (Å²) in [5, 5.41) is 9.63. The Hall–Kier alpha value is -1.84. The lowest BCUT2D eigenvalue weighted by Crippen LogP contribution is -2.36. The highest BCUT2D eigenvalue weighted by molar-refractivity contribution is 6.02. The van der Waals surface area contributed by atoms with Gasteiger partial charge in [-0.25, -0.2) is 9.59 Å². The number of ether oxygens (including phenoxy) is 1. The summed E-state index contributed by atoms with van der Waals surface area (Å²) in [4.78, 5) is 25.2. The predicted molar refractivity (Wildman–Crippen MR) is 156 cm³/mol. The van der Waals surface area contributed by atoms with E-state index in [0.717, 1.165) is 51.4 Å². The Kier molecular flexibility index (Phi) is 19.0. The van der Waals surface area contributed by atoms with Crippen molar-refractivity contribution in [3.05, 3.63) is 35.4 Å². The third kappa shape index (κ3) is 14.6. The molecule has 0 saturated carbocycles. The van der Waals surface area contributed by atoms with E-state index in [1.54, 1.807) is 18.2 Å². The van der Waals surface area contributed by atoms with Crippen molar-refractivity contribution in [2.24, 2.45) is 0 Å². The maximum Gasteiger partial charge on any atom is 0.339 e. The number of unbranched alkanes of at least 4 members (excludes halogenated alkanes) is 15. The summed E-state index contributed by atoms with van der Waals surface area (Å²) in [5.41, 5.74) is -0.296. The lowest BCUT2D eigenvalue weighted by Gasteiger charge is -2.34. The van der Waals surface area contributed by atoms with Crippen LogP contribution in [-0.2, 0) is 4.74 Å². The first-order chi connectivity index (χ1) is 18.0. The van der Waals surface area contributed by atoms with E-state index in [0.29, 0.717) is 0 Å². The number of hydrogen-bond acceptors (Lipinski definition) is 3. The fraction of sp³-hybridized carbons (Fsp3) is 0.758. The second kappa shape index (κ2) is 21.1. The molecule has 0 amide bonds. The summed E-state index contributed by atoms with van der Waals surface area (Å²) in [5.74, 6) is -1.56. The number of carbonyl (C=O) groups is 2. The second-order valence-corrected chi connectivity index (χ2v) is 11.0. The largest absolute Gasteiger partial charge is 0.478 e. The molecule has 4 heteroatoms. The summed E-state index contributed by atoms with van der Waals surface area (Å²) in [7, 11) is 0. The molecule has 0 aliphatic rings. The number of carbonyl (C=O) groups excluding carboxylic acids is 1. The molecule has 0 atom stereocenters. The molecule has 0 fully saturated rings. The highest BCUT2D eigenvalue weighted by Crippen LogP contribution is 2.34. The quantitative estimate of drug-likeness (QED) is 0.110. The van der Waals surface area contributed by atoms with Gasteiger partial charge >= 0.3 is 11.9 Å². The SMILES string of the molecule is CCCCCCCCCCC(CCCCCCC)(CCCCCCC)OC(=O)c1ccccc1C(=O)O. The Morgan fingerprint density at radius 3 is 1.32 bits per heavy atom. The predicted octanol–water partition coefficient (Wildman–Crippen LogP) is 10.5. The van der Waals surface area contributed by atoms with Gasteiger partial charge in [-0.2, -0.15) is 0 Å². The van der Waals surface area contributed by atoms with Gasteiger partial charge in [0.25, 0.3) is 0 Å². The van der Waals surface area contributed by atoms with Crippen molar-refractivity contribution in [3.63, 3.8) is 0 Å². The Labute approximate surface area is 228 Å². The molecular weight excluding hydrogens is 460 g/mol. The van der Waals surface area contributed by atoms with E-state index >= 15 is 0 Å².